The summed E-state index contributed by atoms with van der Waals surface area (Å²) in [6.45, 7) is 15.6. The van der Waals surface area contributed by atoms with Gasteiger partial charge in [0.25, 0.3) is 5.91 Å². The molecule has 5 atom stereocenters. The summed E-state index contributed by atoms with van der Waals surface area (Å²) in [4.78, 5) is 83.6. The fourth-order valence-corrected chi connectivity index (χ4v) is 7.43. The highest BCUT2D eigenvalue weighted by Crippen LogP contribution is 2.40. The van der Waals surface area contributed by atoms with Gasteiger partial charge in [0.15, 0.2) is 0 Å². The molecule has 1 aliphatic heterocycles. The third kappa shape index (κ3) is 10.7. The smallest absolute Gasteiger partial charge is 0.410 e. The van der Waals surface area contributed by atoms with Gasteiger partial charge in [0, 0.05) is 13.1 Å². The minimum Gasteiger partial charge on any atom is -0.410 e. The average Bonchev–Trinajstić information content (AvgIpc) is 3.80. The quantitative estimate of drug-likeness (QED) is 0.151. The Morgan fingerprint density at radius 2 is 1.63 bits per heavy atom. The van der Waals surface area contributed by atoms with Crippen molar-refractivity contribution >= 4 is 35.5 Å². The van der Waals surface area contributed by atoms with Gasteiger partial charge in [-0.05, 0) is 66.4 Å². The van der Waals surface area contributed by atoms with Crippen molar-refractivity contribution in [2.75, 3.05) is 13.1 Å². The van der Waals surface area contributed by atoms with Crippen molar-refractivity contribution in [3.63, 3.8) is 0 Å². The minimum atomic E-state index is -1.04. The number of carbonyl (C=O) groups is 6. The maximum atomic E-state index is 14.7. The number of likely N-dealkylation sites (tertiary alicyclic amines) is 1. The summed E-state index contributed by atoms with van der Waals surface area (Å²) in [6.07, 6.45) is 7.53. The largest absolute Gasteiger partial charge is 0.413 e. The standard InChI is InChI=1S/C40H59N5O7/c1-8-21-41-35(48)31(46)29(22-26-17-18-26)42-34(47)30-23-27(25(2)3)24-45(30)37(50)33(39(4,5)6)43-36(49)32(40(7)19-13-10-14-20-40)44-38(51)52-28-15-11-9-12-16-28/h8-9,11-12,15-16,25-27,29-30,32-33H,1,10,13-14,17-24H2,2-7H3,(H,41,48)(H,42,47)(H,43,49)(H,44,51)/t27-,29?,30+,32-,33-/m1/s1. The number of ketones is 1. The fraction of sp³-hybridized carbons (Fsp3) is 0.650. The maximum absolute atomic E-state index is 14.7. The first-order chi connectivity index (χ1) is 24.5. The lowest BCUT2D eigenvalue weighted by molar-refractivity contribution is -0.145. The summed E-state index contributed by atoms with van der Waals surface area (Å²) < 4.78 is 5.51. The zero-order valence-corrected chi connectivity index (χ0v) is 31.8. The average molecular weight is 722 g/mol. The molecule has 12 nitrogen and oxygen atoms in total. The van der Waals surface area contributed by atoms with E-state index in [4.69, 9.17) is 4.74 Å². The molecule has 2 saturated carbocycles. The molecule has 3 fully saturated rings. The Kier molecular flexibility index (Phi) is 13.7. The van der Waals surface area contributed by atoms with E-state index < -0.39 is 70.5 Å². The fourth-order valence-electron chi connectivity index (χ4n) is 7.43. The molecule has 0 spiro atoms. The molecule has 1 saturated heterocycles. The van der Waals surface area contributed by atoms with Crippen LogP contribution in [0.3, 0.4) is 0 Å². The van der Waals surface area contributed by atoms with E-state index in [-0.39, 0.29) is 24.3 Å². The third-order valence-corrected chi connectivity index (χ3v) is 11.0. The van der Waals surface area contributed by atoms with Crippen LogP contribution in [0, 0.1) is 28.6 Å². The van der Waals surface area contributed by atoms with Crippen molar-refractivity contribution in [1.82, 2.24) is 26.2 Å². The molecular weight excluding hydrogens is 662 g/mol. The molecule has 1 aromatic rings. The SMILES string of the molecule is C=CCNC(=O)C(=O)C(CC1CC1)NC(=O)[C@@H]1C[C@@H](C(C)C)CN1C(=O)[C@@H](NC(=O)[C@@H](NC(=O)Oc1ccccc1)C1(C)CCCCC1)C(C)(C)C. The monoisotopic (exact) mass is 721 g/mol. The number of rotatable bonds is 15. The van der Waals surface area contributed by atoms with Crippen molar-refractivity contribution in [3.8, 4) is 5.75 Å². The molecule has 3 aliphatic rings. The summed E-state index contributed by atoms with van der Waals surface area (Å²) in [6, 6.07) is 4.66. The van der Waals surface area contributed by atoms with Gasteiger partial charge in [0.05, 0.1) is 6.04 Å². The first-order valence-electron chi connectivity index (χ1n) is 18.9. The van der Waals surface area contributed by atoms with Crippen LogP contribution in [0.2, 0.25) is 0 Å². The zero-order valence-electron chi connectivity index (χ0n) is 31.8. The number of Topliss-reactive ketones (excluding diaryl/α,β-unsaturated/α-hetero) is 1. The number of ether oxygens (including phenoxy) is 1. The minimum absolute atomic E-state index is 0.00665. The first-order valence-corrected chi connectivity index (χ1v) is 18.9. The molecule has 4 N–H and O–H groups in total. The van der Waals surface area contributed by atoms with E-state index in [1.54, 1.807) is 24.3 Å². The van der Waals surface area contributed by atoms with Crippen LogP contribution >= 0.6 is 0 Å². The van der Waals surface area contributed by atoms with Gasteiger partial charge in [-0.1, -0.05) is 97.9 Å². The van der Waals surface area contributed by atoms with Crippen LogP contribution in [-0.4, -0.2) is 77.7 Å². The van der Waals surface area contributed by atoms with Gasteiger partial charge in [-0.3, -0.25) is 24.0 Å². The lowest BCUT2D eigenvalue weighted by Gasteiger charge is -2.42. The Labute approximate surface area is 308 Å². The van der Waals surface area contributed by atoms with Crippen LogP contribution in [0.1, 0.15) is 99.3 Å². The number of benzene rings is 1. The van der Waals surface area contributed by atoms with Gasteiger partial charge in [0.1, 0.15) is 23.9 Å². The van der Waals surface area contributed by atoms with Crippen molar-refractivity contribution in [2.45, 2.75) is 123 Å². The lowest BCUT2D eigenvalue weighted by Crippen LogP contribution is -2.63. The van der Waals surface area contributed by atoms with E-state index in [2.05, 4.69) is 27.8 Å². The van der Waals surface area contributed by atoms with E-state index in [1.807, 2.05) is 47.6 Å². The number of hydrogen-bond donors (Lipinski definition) is 4. The number of nitrogens with zero attached hydrogens (tertiary/aromatic N) is 1. The second-order valence-electron chi connectivity index (χ2n) is 16.7. The normalized spacial score (nSPS) is 21.6. The van der Waals surface area contributed by atoms with Gasteiger partial charge >= 0.3 is 6.09 Å². The van der Waals surface area contributed by atoms with E-state index in [1.165, 1.54) is 11.0 Å². The molecule has 1 heterocycles. The Morgan fingerprint density at radius 1 is 0.981 bits per heavy atom. The van der Waals surface area contributed by atoms with Crippen LogP contribution in [0.4, 0.5) is 4.79 Å². The molecular formula is C40H59N5O7. The number of carbonyl (C=O) groups excluding carboxylic acids is 6. The van der Waals surface area contributed by atoms with Gasteiger partial charge in [-0.15, -0.1) is 6.58 Å². The molecule has 0 radical (unpaired) electrons. The number of para-hydroxylation sites is 1. The summed E-state index contributed by atoms with van der Waals surface area (Å²) >= 11 is 0. The van der Waals surface area contributed by atoms with Crippen molar-refractivity contribution in [1.29, 1.82) is 0 Å². The molecule has 1 aromatic carbocycles. The molecule has 12 heteroatoms. The molecule has 2 aliphatic carbocycles. The lowest BCUT2D eigenvalue weighted by atomic mass is 9.70. The van der Waals surface area contributed by atoms with Gasteiger partial charge < -0.3 is 30.9 Å². The number of amides is 5. The molecule has 0 bridgehead atoms. The number of nitrogens with one attached hydrogen (secondary N) is 4. The highest BCUT2D eigenvalue weighted by Gasteiger charge is 2.48. The summed E-state index contributed by atoms with van der Waals surface area (Å²) in [7, 11) is 0. The molecule has 5 amide bonds. The van der Waals surface area contributed by atoms with E-state index >= 15 is 0 Å². The topological polar surface area (TPSA) is 163 Å². The molecule has 4 rings (SSSR count). The maximum Gasteiger partial charge on any atom is 0.413 e. The van der Waals surface area contributed by atoms with Gasteiger partial charge in [-0.25, -0.2) is 4.79 Å². The van der Waals surface area contributed by atoms with Crippen molar-refractivity contribution in [2.24, 2.45) is 28.6 Å². The Hall–Kier alpha value is -4.22. The van der Waals surface area contributed by atoms with Gasteiger partial charge in [0.2, 0.25) is 23.5 Å². The van der Waals surface area contributed by atoms with Gasteiger partial charge in [-0.2, -0.15) is 0 Å². The second kappa shape index (κ2) is 17.5. The van der Waals surface area contributed by atoms with Crippen LogP contribution in [0.25, 0.3) is 0 Å². The highest BCUT2D eigenvalue weighted by atomic mass is 16.6. The van der Waals surface area contributed by atoms with E-state index in [9.17, 15) is 28.8 Å². The summed E-state index contributed by atoms with van der Waals surface area (Å²) in [5.74, 6) is -2.20. The predicted octanol–water partition coefficient (Wildman–Crippen LogP) is 4.67. The number of hydrogen-bond acceptors (Lipinski definition) is 7. The Morgan fingerprint density at radius 3 is 2.21 bits per heavy atom. The second-order valence-corrected chi connectivity index (χ2v) is 16.7. The van der Waals surface area contributed by atoms with Crippen molar-refractivity contribution < 1.29 is 33.5 Å². The first kappa shape index (κ1) is 40.5. The Balaban J connectivity index is 1.57. The summed E-state index contributed by atoms with van der Waals surface area (Å²) in [5.41, 5.74) is -1.36. The zero-order chi connectivity index (χ0) is 38.2. The Bertz CT molecular complexity index is 1460. The van der Waals surface area contributed by atoms with Crippen molar-refractivity contribution in [3.05, 3.63) is 43.0 Å². The van der Waals surface area contributed by atoms with E-state index in [0.29, 0.717) is 38.0 Å². The molecule has 52 heavy (non-hydrogen) atoms. The molecule has 286 valence electrons. The highest BCUT2D eigenvalue weighted by molar-refractivity contribution is 6.38. The van der Waals surface area contributed by atoms with Crippen LogP contribution in [-0.2, 0) is 24.0 Å². The molecule has 1 unspecified atom stereocenters. The predicted molar refractivity (Wildman–Crippen MR) is 198 cm³/mol. The van der Waals surface area contributed by atoms with Crippen LogP contribution < -0.4 is 26.0 Å². The summed E-state index contributed by atoms with van der Waals surface area (Å²) in [5, 5.41) is 11.2. The third-order valence-electron chi connectivity index (χ3n) is 11.0. The van der Waals surface area contributed by atoms with E-state index in [0.717, 1.165) is 32.1 Å². The van der Waals surface area contributed by atoms with Crippen LogP contribution in [0.15, 0.2) is 43.0 Å². The molecule has 0 aromatic heterocycles. The van der Waals surface area contributed by atoms with Crippen LogP contribution in [0.5, 0.6) is 5.75 Å².